The van der Waals surface area contributed by atoms with Crippen LogP contribution in [-0.4, -0.2) is 37.2 Å². The van der Waals surface area contributed by atoms with Crippen molar-refractivity contribution in [2.45, 2.75) is 271 Å². The van der Waals surface area contributed by atoms with Crippen LogP contribution in [0.4, 0.5) is 0 Å². The summed E-state index contributed by atoms with van der Waals surface area (Å²) in [6.07, 6.45) is 44.1. The Morgan fingerprint density at radius 2 is 0.509 bits per heavy atom. The summed E-state index contributed by atoms with van der Waals surface area (Å²) in [7, 11) is 0. The van der Waals surface area contributed by atoms with Crippen LogP contribution in [0.1, 0.15) is 265 Å². The lowest BCUT2D eigenvalue weighted by Crippen LogP contribution is -2.30. The molecule has 53 heavy (non-hydrogen) atoms. The molecule has 0 aliphatic heterocycles. The minimum Gasteiger partial charge on any atom is -0.462 e. The van der Waals surface area contributed by atoms with Crippen LogP contribution in [0.25, 0.3) is 0 Å². The lowest BCUT2D eigenvalue weighted by molar-refractivity contribution is -0.167. The van der Waals surface area contributed by atoms with Gasteiger partial charge in [-0.3, -0.25) is 14.4 Å². The quantitative estimate of drug-likeness (QED) is 0.0351. The SMILES string of the molecule is CCCCCCCCCCCCCCCCCCCCCC(=O)O[C@@H](COC(=O)CCCCCCC)COC(=O)CCCCCCCCCCCCC. The van der Waals surface area contributed by atoms with Crippen molar-refractivity contribution in [3.8, 4) is 0 Å². The van der Waals surface area contributed by atoms with E-state index in [9.17, 15) is 14.4 Å². The molecule has 1 atom stereocenters. The Morgan fingerprint density at radius 1 is 0.302 bits per heavy atom. The highest BCUT2D eigenvalue weighted by Gasteiger charge is 2.19. The van der Waals surface area contributed by atoms with Gasteiger partial charge in [-0.15, -0.1) is 0 Å². The Labute approximate surface area is 329 Å². The molecule has 0 radical (unpaired) electrons. The second-order valence-electron chi connectivity index (χ2n) is 16.0. The summed E-state index contributed by atoms with van der Waals surface area (Å²) in [5, 5.41) is 0. The highest BCUT2D eigenvalue weighted by Crippen LogP contribution is 2.16. The van der Waals surface area contributed by atoms with Crippen molar-refractivity contribution in [1.29, 1.82) is 0 Å². The molecule has 6 nitrogen and oxygen atoms in total. The van der Waals surface area contributed by atoms with E-state index >= 15 is 0 Å². The maximum absolute atomic E-state index is 12.7. The number of unbranched alkanes of at least 4 members (excludes halogenated alkanes) is 32. The topological polar surface area (TPSA) is 78.9 Å². The van der Waals surface area contributed by atoms with Crippen LogP contribution in [0.5, 0.6) is 0 Å². The van der Waals surface area contributed by atoms with Gasteiger partial charge in [0.15, 0.2) is 6.10 Å². The first-order valence-electron chi connectivity index (χ1n) is 23.5. The van der Waals surface area contributed by atoms with Crippen LogP contribution < -0.4 is 0 Å². The Hall–Kier alpha value is -1.59. The van der Waals surface area contributed by atoms with Gasteiger partial charge in [0.25, 0.3) is 0 Å². The summed E-state index contributed by atoms with van der Waals surface area (Å²) in [4.78, 5) is 37.5. The van der Waals surface area contributed by atoms with E-state index in [0.717, 1.165) is 64.2 Å². The largest absolute Gasteiger partial charge is 0.462 e. The molecule has 0 amide bonds. The number of carbonyl (C=O) groups is 3. The van der Waals surface area contributed by atoms with Gasteiger partial charge in [0.1, 0.15) is 13.2 Å². The normalized spacial score (nSPS) is 11.8. The molecule has 0 aliphatic rings. The van der Waals surface area contributed by atoms with E-state index in [1.807, 2.05) is 0 Å². The van der Waals surface area contributed by atoms with Crippen molar-refractivity contribution in [1.82, 2.24) is 0 Å². The van der Waals surface area contributed by atoms with Gasteiger partial charge < -0.3 is 14.2 Å². The molecule has 0 N–H and O–H groups in total. The number of esters is 3. The Balaban J connectivity index is 4.11. The summed E-state index contributed by atoms with van der Waals surface area (Å²) in [5.74, 6) is -0.865. The number of carbonyl (C=O) groups excluding carboxylic acids is 3. The van der Waals surface area contributed by atoms with Crippen molar-refractivity contribution < 1.29 is 28.6 Å². The lowest BCUT2D eigenvalue weighted by atomic mass is 10.0. The predicted octanol–water partition coefficient (Wildman–Crippen LogP) is 14.9. The molecule has 6 heteroatoms. The third-order valence-electron chi connectivity index (χ3n) is 10.6. The molecule has 0 spiro atoms. The minimum atomic E-state index is -0.756. The van der Waals surface area contributed by atoms with Gasteiger partial charge in [-0.2, -0.15) is 0 Å². The summed E-state index contributed by atoms with van der Waals surface area (Å²) < 4.78 is 16.6. The van der Waals surface area contributed by atoms with E-state index in [2.05, 4.69) is 20.8 Å². The van der Waals surface area contributed by atoms with Crippen LogP contribution in [-0.2, 0) is 28.6 Å². The van der Waals surface area contributed by atoms with E-state index in [1.54, 1.807) is 0 Å². The van der Waals surface area contributed by atoms with E-state index < -0.39 is 6.10 Å². The van der Waals surface area contributed by atoms with Crippen molar-refractivity contribution in [3.63, 3.8) is 0 Å². The van der Waals surface area contributed by atoms with Gasteiger partial charge >= 0.3 is 17.9 Å². The molecule has 0 fully saturated rings. The maximum Gasteiger partial charge on any atom is 0.306 e. The van der Waals surface area contributed by atoms with Crippen LogP contribution in [0.2, 0.25) is 0 Å². The Morgan fingerprint density at radius 3 is 0.755 bits per heavy atom. The molecule has 0 unspecified atom stereocenters. The molecule has 0 rings (SSSR count). The molecule has 0 saturated carbocycles. The van der Waals surface area contributed by atoms with Crippen LogP contribution in [0, 0.1) is 0 Å². The molecular weight excluding hydrogens is 661 g/mol. The highest BCUT2D eigenvalue weighted by molar-refractivity contribution is 5.71. The molecule has 0 aromatic rings. The number of hydrogen-bond donors (Lipinski definition) is 0. The van der Waals surface area contributed by atoms with Gasteiger partial charge in [-0.05, 0) is 19.3 Å². The molecule has 0 bridgehead atoms. The second kappa shape index (κ2) is 43.1. The number of hydrogen-bond acceptors (Lipinski definition) is 6. The van der Waals surface area contributed by atoms with Crippen molar-refractivity contribution in [2.75, 3.05) is 13.2 Å². The number of rotatable bonds is 43. The first-order chi connectivity index (χ1) is 26.0. The summed E-state index contributed by atoms with van der Waals surface area (Å²) >= 11 is 0. The minimum absolute atomic E-state index is 0.0639. The zero-order valence-corrected chi connectivity index (χ0v) is 35.8. The summed E-state index contributed by atoms with van der Waals surface area (Å²) in [5.41, 5.74) is 0. The first-order valence-corrected chi connectivity index (χ1v) is 23.5. The predicted molar refractivity (Wildman–Crippen MR) is 224 cm³/mol. The van der Waals surface area contributed by atoms with Gasteiger partial charge in [0, 0.05) is 19.3 Å². The van der Waals surface area contributed by atoms with Crippen molar-refractivity contribution in [3.05, 3.63) is 0 Å². The first kappa shape index (κ1) is 51.4. The average molecular weight is 751 g/mol. The molecule has 0 aromatic carbocycles. The molecule has 0 aromatic heterocycles. The molecule has 0 aliphatic carbocycles. The fourth-order valence-electron chi connectivity index (χ4n) is 7.03. The Kier molecular flexibility index (Phi) is 41.8. The zero-order valence-electron chi connectivity index (χ0n) is 35.8. The maximum atomic E-state index is 12.7. The van der Waals surface area contributed by atoms with Gasteiger partial charge in [-0.25, -0.2) is 0 Å². The number of ether oxygens (including phenoxy) is 3. The average Bonchev–Trinajstić information content (AvgIpc) is 3.15. The fraction of sp³-hybridized carbons (Fsp3) is 0.936. The highest BCUT2D eigenvalue weighted by atomic mass is 16.6. The molecule has 0 heterocycles. The van der Waals surface area contributed by atoms with Crippen LogP contribution in [0.3, 0.4) is 0 Å². The van der Waals surface area contributed by atoms with Crippen LogP contribution >= 0.6 is 0 Å². The van der Waals surface area contributed by atoms with E-state index in [1.165, 1.54) is 161 Å². The second-order valence-corrected chi connectivity index (χ2v) is 16.0. The van der Waals surface area contributed by atoms with E-state index in [4.69, 9.17) is 14.2 Å². The van der Waals surface area contributed by atoms with Gasteiger partial charge in [-0.1, -0.05) is 226 Å². The molecular formula is C47H90O6. The third-order valence-corrected chi connectivity index (χ3v) is 10.6. The lowest BCUT2D eigenvalue weighted by Gasteiger charge is -2.18. The van der Waals surface area contributed by atoms with Crippen molar-refractivity contribution >= 4 is 17.9 Å². The van der Waals surface area contributed by atoms with Crippen LogP contribution in [0.15, 0.2) is 0 Å². The van der Waals surface area contributed by atoms with Gasteiger partial charge in [0.2, 0.25) is 0 Å². The monoisotopic (exact) mass is 751 g/mol. The molecule has 314 valence electrons. The third kappa shape index (κ3) is 41.4. The van der Waals surface area contributed by atoms with Gasteiger partial charge in [0.05, 0.1) is 0 Å². The van der Waals surface area contributed by atoms with Crippen molar-refractivity contribution in [2.24, 2.45) is 0 Å². The molecule has 0 saturated heterocycles. The zero-order chi connectivity index (χ0) is 38.7. The van der Waals surface area contributed by atoms with E-state index in [0.29, 0.717) is 19.3 Å². The standard InChI is InChI=1S/C47H90O6/c1-4-7-10-13-15-17-19-20-21-22-23-24-25-26-28-30-32-35-38-41-47(50)53-44(42-51-45(48)39-36-33-12-9-6-3)43-52-46(49)40-37-34-31-29-27-18-16-14-11-8-5-2/h44H,4-43H2,1-3H3/t44-/m0/s1. The fourth-order valence-corrected chi connectivity index (χ4v) is 7.03. The Bertz CT molecular complexity index is 783. The van der Waals surface area contributed by atoms with E-state index in [-0.39, 0.29) is 31.1 Å². The smallest absolute Gasteiger partial charge is 0.306 e. The summed E-state index contributed by atoms with van der Waals surface area (Å²) in [6.45, 7) is 6.57. The summed E-state index contributed by atoms with van der Waals surface area (Å²) in [6, 6.07) is 0.